The first-order valence-electron chi connectivity index (χ1n) is 10.6. The Hall–Kier alpha value is -3.02. The molecule has 1 saturated carbocycles. The summed E-state index contributed by atoms with van der Waals surface area (Å²) < 4.78 is 7.77. The van der Waals surface area contributed by atoms with E-state index in [0.29, 0.717) is 36.1 Å². The lowest BCUT2D eigenvalue weighted by molar-refractivity contribution is 0.280. The Labute approximate surface area is 176 Å². The molecule has 0 N–H and O–H groups in total. The maximum Gasteiger partial charge on any atom is 0.250 e. The average molecular weight is 402 g/mol. The highest BCUT2D eigenvalue weighted by Gasteiger charge is 2.49. The van der Waals surface area contributed by atoms with Crippen molar-refractivity contribution in [2.24, 2.45) is 18.9 Å². The predicted octanol–water partition coefficient (Wildman–Crippen LogP) is 3.46. The lowest BCUT2D eigenvalue weighted by Gasteiger charge is -2.12. The molecule has 5 rings (SSSR count). The molecule has 3 aromatic heterocycles. The van der Waals surface area contributed by atoms with E-state index in [1.807, 2.05) is 6.92 Å². The molecular formula is C24H26N4O2. The first-order chi connectivity index (χ1) is 14.5. The first kappa shape index (κ1) is 19.0. The van der Waals surface area contributed by atoms with Crippen LogP contribution >= 0.6 is 0 Å². The van der Waals surface area contributed by atoms with Gasteiger partial charge in [0.05, 0.1) is 12.2 Å². The third kappa shape index (κ3) is 3.40. The number of rotatable bonds is 5. The van der Waals surface area contributed by atoms with Crippen LogP contribution in [0.2, 0.25) is 0 Å². The molecule has 3 aromatic rings. The van der Waals surface area contributed by atoms with Crippen molar-refractivity contribution in [2.75, 3.05) is 6.61 Å². The Bertz CT molecular complexity index is 1170. The van der Waals surface area contributed by atoms with Gasteiger partial charge in [-0.1, -0.05) is 13.0 Å². The van der Waals surface area contributed by atoms with Gasteiger partial charge < -0.3 is 9.30 Å². The zero-order chi connectivity index (χ0) is 20.8. The number of fused-ring (bicyclic) bond motifs is 1. The lowest BCUT2D eigenvalue weighted by Crippen LogP contribution is -2.14. The summed E-state index contributed by atoms with van der Waals surface area (Å²) in [5.74, 6) is 2.65. The molecule has 3 atom stereocenters. The number of nitrogens with zero attached hydrogens (tertiary/aromatic N) is 4. The largest absolute Gasteiger partial charge is 0.477 e. The first-order valence-corrected chi connectivity index (χ1v) is 10.6. The molecule has 30 heavy (non-hydrogen) atoms. The van der Waals surface area contributed by atoms with Gasteiger partial charge in [-0.25, -0.2) is 4.98 Å². The minimum atomic E-state index is -0.0502. The van der Waals surface area contributed by atoms with Crippen LogP contribution in [0.3, 0.4) is 0 Å². The van der Waals surface area contributed by atoms with Gasteiger partial charge in [-0.3, -0.25) is 9.78 Å². The molecular weight excluding hydrogens is 376 g/mol. The summed E-state index contributed by atoms with van der Waals surface area (Å²) in [4.78, 5) is 25.6. The molecule has 3 heterocycles. The van der Waals surface area contributed by atoms with Gasteiger partial charge in [0.25, 0.3) is 0 Å². The molecule has 154 valence electrons. The van der Waals surface area contributed by atoms with E-state index in [-0.39, 0.29) is 5.56 Å². The third-order valence-electron chi connectivity index (χ3n) is 6.54. The van der Waals surface area contributed by atoms with Crippen LogP contribution in [0.15, 0.2) is 41.5 Å². The van der Waals surface area contributed by atoms with Crippen LogP contribution in [0, 0.1) is 18.8 Å². The zero-order valence-corrected chi connectivity index (χ0v) is 17.6. The van der Waals surface area contributed by atoms with E-state index in [2.05, 4.69) is 29.0 Å². The lowest BCUT2D eigenvalue weighted by atomic mass is 10.1. The van der Waals surface area contributed by atoms with E-state index < -0.39 is 0 Å². The Morgan fingerprint density at radius 1 is 1.17 bits per heavy atom. The van der Waals surface area contributed by atoms with Crippen molar-refractivity contribution in [1.82, 2.24) is 19.5 Å². The van der Waals surface area contributed by atoms with Crippen molar-refractivity contribution in [3.05, 3.63) is 69.8 Å². The molecule has 6 heteroatoms. The quantitative estimate of drug-likeness (QED) is 0.654. The number of ether oxygens (including phenoxy) is 1. The van der Waals surface area contributed by atoms with Gasteiger partial charge >= 0.3 is 0 Å². The minimum absolute atomic E-state index is 0.0502. The highest BCUT2D eigenvalue weighted by atomic mass is 16.5. The van der Waals surface area contributed by atoms with Gasteiger partial charge in [0.15, 0.2) is 0 Å². The molecule has 0 aliphatic heterocycles. The molecule has 6 nitrogen and oxygen atoms in total. The summed E-state index contributed by atoms with van der Waals surface area (Å²) in [6, 6.07) is 7.81. The second-order valence-corrected chi connectivity index (χ2v) is 8.56. The smallest absolute Gasteiger partial charge is 0.250 e. The minimum Gasteiger partial charge on any atom is -0.477 e. The maximum absolute atomic E-state index is 11.7. The molecule has 0 radical (unpaired) electrons. The molecule has 0 spiro atoms. The van der Waals surface area contributed by atoms with Crippen LogP contribution < -0.4 is 10.3 Å². The fraction of sp³-hybridized carbons (Fsp3) is 0.417. The molecule has 1 fully saturated rings. The van der Waals surface area contributed by atoms with Gasteiger partial charge in [-0.15, -0.1) is 0 Å². The summed E-state index contributed by atoms with van der Waals surface area (Å²) >= 11 is 0. The van der Waals surface area contributed by atoms with Crippen LogP contribution in [-0.2, 0) is 19.9 Å². The molecule has 0 bridgehead atoms. The summed E-state index contributed by atoms with van der Waals surface area (Å²) in [6.07, 6.45) is 7.05. The topological polar surface area (TPSA) is 69.9 Å². The Morgan fingerprint density at radius 2 is 2.03 bits per heavy atom. The van der Waals surface area contributed by atoms with Gasteiger partial charge in [0.2, 0.25) is 11.4 Å². The van der Waals surface area contributed by atoms with Gasteiger partial charge in [0, 0.05) is 54.3 Å². The van der Waals surface area contributed by atoms with Crippen molar-refractivity contribution in [1.29, 1.82) is 0 Å². The van der Waals surface area contributed by atoms with Crippen LogP contribution in [0.25, 0.3) is 11.1 Å². The van der Waals surface area contributed by atoms with Gasteiger partial charge in [0.1, 0.15) is 5.82 Å². The molecule has 2 aliphatic rings. The van der Waals surface area contributed by atoms with E-state index in [4.69, 9.17) is 9.72 Å². The maximum atomic E-state index is 11.7. The number of hydrogen-bond acceptors (Lipinski definition) is 5. The van der Waals surface area contributed by atoms with Crippen molar-refractivity contribution in [3.63, 3.8) is 0 Å². The summed E-state index contributed by atoms with van der Waals surface area (Å²) in [7, 11) is 1.74. The normalized spacial score (nSPS) is 22.0. The molecule has 0 amide bonds. The van der Waals surface area contributed by atoms with Crippen molar-refractivity contribution < 1.29 is 4.74 Å². The van der Waals surface area contributed by atoms with Crippen molar-refractivity contribution >= 4 is 0 Å². The average Bonchev–Trinajstić information content (AvgIpc) is 3.15. The van der Waals surface area contributed by atoms with Crippen molar-refractivity contribution in [3.8, 4) is 17.0 Å². The monoisotopic (exact) mass is 402 g/mol. The fourth-order valence-electron chi connectivity index (χ4n) is 4.60. The van der Waals surface area contributed by atoms with Crippen LogP contribution in [0.4, 0.5) is 0 Å². The Kier molecular flexibility index (Phi) is 4.65. The third-order valence-corrected chi connectivity index (χ3v) is 6.54. The standard InChI is InChI=1S/C24H26N4O2/c1-14-19(23(14)21-9-7-16-5-4-6-20(16)27-21)13-30-24-18(11-25-15(2)26-24)17-8-10-22(29)28(3)12-17/h7-12,14,19,23H,4-6,13H2,1-3H3. The number of aromatic nitrogens is 4. The molecule has 2 aliphatic carbocycles. The van der Waals surface area contributed by atoms with Gasteiger partial charge in [-0.05, 0) is 49.8 Å². The van der Waals surface area contributed by atoms with Crippen LogP contribution in [-0.4, -0.2) is 26.1 Å². The van der Waals surface area contributed by atoms with Crippen molar-refractivity contribution in [2.45, 2.75) is 39.0 Å². The second-order valence-electron chi connectivity index (χ2n) is 8.56. The zero-order valence-electron chi connectivity index (χ0n) is 17.6. The Balaban J connectivity index is 1.35. The molecule has 0 saturated heterocycles. The summed E-state index contributed by atoms with van der Waals surface area (Å²) in [5, 5.41) is 0. The summed E-state index contributed by atoms with van der Waals surface area (Å²) in [6.45, 7) is 4.72. The summed E-state index contributed by atoms with van der Waals surface area (Å²) in [5.41, 5.74) is 5.53. The predicted molar refractivity (Wildman–Crippen MR) is 115 cm³/mol. The van der Waals surface area contributed by atoms with Gasteiger partial charge in [-0.2, -0.15) is 4.98 Å². The van der Waals surface area contributed by atoms with E-state index in [0.717, 1.165) is 24.0 Å². The number of pyridine rings is 2. The van der Waals surface area contributed by atoms with E-state index in [1.54, 1.807) is 36.1 Å². The highest BCUT2D eigenvalue weighted by Crippen LogP contribution is 2.53. The van der Waals surface area contributed by atoms with E-state index >= 15 is 0 Å². The number of hydrogen-bond donors (Lipinski definition) is 0. The molecule has 3 unspecified atom stereocenters. The SMILES string of the molecule is Cc1ncc(-c2ccc(=O)n(C)c2)c(OCC2C(C)C2c2ccc3c(n2)CCC3)n1. The van der Waals surface area contributed by atoms with Crippen LogP contribution in [0.5, 0.6) is 5.88 Å². The number of aryl methyl sites for hydroxylation is 4. The Morgan fingerprint density at radius 3 is 2.87 bits per heavy atom. The molecule has 0 aromatic carbocycles. The van der Waals surface area contributed by atoms with E-state index in [9.17, 15) is 4.79 Å². The second kappa shape index (κ2) is 7.35. The fourth-order valence-corrected chi connectivity index (χ4v) is 4.60. The van der Waals surface area contributed by atoms with Crippen LogP contribution in [0.1, 0.15) is 42.0 Å². The highest BCUT2D eigenvalue weighted by molar-refractivity contribution is 5.66. The van der Waals surface area contributed by atoms with E-state index in [1.165, 1.54) is 23.4 Å².